The van der Waals surface area contributed by atoms with Crippen LogP contribution in [0.4, 0.5) is 0 Å². The number of sulfone groups is 1. The molecule has 0 atom stereocenters. The lowest BCUT2D eigenvalue weighted by molar-refractivity contribution is -0.124. The third-order valence-electron chi connectivity index (χ3n) is 1.88. The molecule has 1 rings (SSSR count). The standard InChI is InChI=1S/C8H13NO3S/c1-13(11,12)7-4-8(10)9-5-2-3-6-9/h4,7H,2-3,5-6H2,1H3/b7-4+. The van der Waals surface area contributed by atoms with Gasteiger partial charge in [-0.2, -0.15) is 0 Å². The number of likely N-dealkylation sites (tertiary alicyclic amines) is 1. The van der Waals surface area contributed by atoms with Gasteiger partial charge in [0.25, 0.3) is 0 Å². The second-order valence-corrected chi connectivity index (χ2v) is 5.10. The zero-order valence-corrected chi connectivity index (χ0v) is 8.38. The van der Waals surface area contributed by atoms with Crippen LogP contribution in [-0.4, -0.2) is 38.6 Å². The number of nitrogens with zero attached hydrogens (tertiary/aromatic N) is 1. The first-order valence-corrected chi connectivity index (χ1v) is 6.11. The Morgan fingerprint density at radius 3 is 2.31 bits per heavy atom. The van der Waals surface area contributed by atoms with Crippen molar-refractivity contribution in [2.45, 2.75) is 12.8 Å². The predicted molar refractivity (Wildman–Crippen MR) is 49.8 cm³/mol. The molecule has 0 aromatic heterocycles. The second kappa shape index (κ2) is 3.91. The molecule has 13 heavy (non-hydrogen) atoms. The first kappa shape index (κ1) is 10.2. The molecule has 5 heteroatoms. The summed E-state index contributed by atoms with van der Waals surface area (Å²) in [5.74, 6) is -0.206. The van der Waals surface area contributed by atoms with Crippen LogP contribution in [0.2, 0.25) is 0 Å². The Labute approximate surface area is 78.1 Å². The van der Waals surface area contributed by atoms with E-state index in [1.54, 1.807) is 4.90 Å². The molecule has 1 amide bonds. The summed E-state index contributed by atoms with van der Waals surface area (Å²) in [6.45, 7) is 1.49. The number of hydrogen-bond acceptors (Lipinski definition) is 3. The summed E-state index contributed by atoms with van der Waals surface area (Å²) in [4.78, 5) is 12.9. The summed E-state index contributed by atoms with van der Waals surface area (Å²) in [5.41, 5.74) is 0. The van der Waals surface area contributed by atoms with Crippen molar-refractivity contribution in [3.63, 3.8) is 0 Å². The van der Waals surface area contributed by atoms with E-state index in [2.05, 4.69) is 0 Å². The molecule has 1 fully saturated rings. The average molecular weight is 203 g/mol. The Morgan fingerprint density at radius 2 is 1.85 bits per heavy atom. The molecule has 0 spiro atoms. The average Bonchev–Trinajstić information content (AvgIpc) is 2.50. The smallest absolute Gasteiger partial charge is 0.247 e. The number of rotatable bonds is 2. The summed E-state index contributed by atoms with van der Waals surface area (Å²) in [7, 11) is -3.18. The third-order valence-corrected chi connectivity index (χ3v) is 2.51. The second-order valence-electron chi connectivity index (χ2n) is 3.16. The van der Waals surface area contributed by atoms with Crippen molar-refractivity contribution in [3.05, 3.63) is 11.5 Å². The van der Waals surface area contributed by atoms with E-state index in [1.807, 2.05) is 0 Å². The van der Waals surface area contributed by atoms with Crippen molar-refractivity contribution in [2.75, 3.05) is 19.3 Å². The van der Waals surface area contributed by atoms with Crippen LogP contribution in [0.25, 0.3) is 0 Å². The molecule has 1 heterocycles. The lowest BCUT2D eigenvalue weighted by Crippen LogP contribution is -2.25. The van der Waals surface area contributed by atoms with Crippen LogP contribution >= 0.6 is 0 Å². The van der Waals surface area contributed by atoms with Gasteiger partial charge in [0.15, 0.2) is 9.84 Å². The van der Waals surface area contributed by atoms with E-state index in [-0.39, 0.29) is 5.91 Å². The van der Waals surface area contributed by atoms with E-state index in [4.69, 9.17) is 0 Å². The molecule has 0 aliphatic carbocycles. The molecule has 0 N–H and O–H groups in total. The monoisotopic (exact) mass is 203 g/mol. The van der Waals surface area contributed by atoms with Crippen molar-refractivity contribution in [3.8, 4) is 0 Å². The zero-order valence-electron chi connectivity index (χ0n) is 7.56. The molecule has 0 unspecified atom stereocenters. The van der Waals surface area contributed by atoms with E-state index < -0.39 is 9.84 Å². The summed E-state index contributed by atoms with van der Waals surface area (Å²) in [5, 5.41) is 0.952. The largest absolute Gasteiger partial charge is 0.339 e. The van der Waals surface area contributed by atoms with Crippen LogP contribution in [0.5, 0.6) is 0 Å². The van der Waals surface area contributed by atoms with Gasteiger partial charge in [0, 0.05) is 30.8 Å². The predicted octanol–water partition coefficient (Wildman–Crippen LogP) is 0.167. The van der Waals surface area contributed by atoms with Crippen LogP contribution in [0.3, 0.4) is 0 Å². The van der Waals surface area contributed by atoms with E-state index in [0.29, 0.717) is 0 Å². The minimum Gasteiger partial charge on any atom is -0.339 e. The first-order valence-electron chi connectivity index (χ1n) is 4.16. The van der Waals surface area contributed by atoms with E-state index >= 15 is 0 Å². The minimum absolute atomic E-state index is 0.206. The van der Waals surface area contributed by atoms with Crippen LogP contribution < -0.4 is 0 Å². The first-order chi connectivity index (χ1) is 5.99. The molecule has 1 aliphatic rings. The summed E-state index contributed by atoms with van der Waals surface area (Å²) < 4.78 is 21.4. The number of amides is 1. The molecule has 4 nitrogen and oxygen atoms in total. The maximum atomic E-state index is 11.3. The van der Waals surface area contributed by atoms with Gasteiger partial charge in [-0.25, -0.2) is 8.42 Å². The van der Waals surface area contributed by atoms with Crippen molar-refractivity contribution >= 4 is 15.7 Å². The highest BCUT2D eigenvalue weighted by Crippen LogP contribution is 2.07. The molecular formula is C8H13NO3S. The Morgan fingerprint density at radius 1 is 1.31 bits per heavy atom. The molecule has 74 valence electrons. The van der Waals surface area contributed by atoms with Crippen molar-refractivity contribution in [1.82, 2.24) is 4.90 Å². The quantitative estimate of drug-likeness (QED) is 0.601. The summed E-state index contributed by atoms with van der Waals surface area (Å²) in [6, 6.07) is 0. The fourth-order valence-corrected chi connectivity index (χ4v) is 1.59. The number of carbonyl (C=O) groups excluding carboxylic acids is 1. The minimum atomic E-state index is -3.18. The normalized spacial score (nSPS) is 18.4. The fraction of sp³-hybridized carbons (Fsp3) is 0.625. The summed E-state index contributed by atoms with van der Waals surface area (Å²) >= 11 is 0. The van der Waals surface area contributed by atoms with Crippen LogP contribution in [-0.2, 0) is 14.6 Å². The fourth-order valence-electron chi connectivity index (χ4n) is 1.22. The molecule has 0 saturated carbocycles. The molecule has 0 aromatic carbocycles. The Bertz CT molecular complexity index is 312. The Hall–Kier alpha value is -0.840. The zero-order chi connectivity index (χ0) is 9.90. The van der Waals surface area contributed by atoms with Crippen molar-refractivity contribution < 1.29 is 13.2 Å². The molecule has 0 radical (unpaired) electrons. The van der Waals surface area contributed by atoms with Gasteiger partial charge >= 0.3 is 0 Å². The van der Waals surface area contributed by atoms with Gasteiger partial charge < -0.3 is 4.90 Å². The third kappa shape index (κ3) is 3.59. The highest BCUT2D eigenvalue weighted by atomic mass is 32.2. The SMILES string of the molecule is CS(=O)(=O)/C=C/C(=O)N1CCCC1. The Balaban J connectivity index is 2.54. The van der Waals surface area contributed by atoms with Gasteiger partial charge in [-0.3, -0.25) is 4.79 Å². The molecule has 0 aromatic rings. The topological polar surface area (TPSA) is 54.5 Å². The van der Waals surface area contributed by atoms with Gasteiger partial charge in [0.05, 0.1) is 0 Å². The van der Waals surface area contributed by atoms with Gasteiger partial charge in [-0.05, 0) is 12.8 Å². The molecule has 0 bridgehead atoms. The molecule has 1 saturated heterocycles. The lowest BCUT2D eigenvalue weighted by atomic mass is 10.4. The highest BCUT2D eigenvalue weighted by molar-refractivity contribution is 7.93. The van der Waals surface area contributed by atoms with Crippen molar-refractivity contribution in [2.24, 2.45) is 0 Å². The van der Waals surface area contributed by atoms with E-state index in [0.717, 1.165) is 43.7 Å². The molecular weight excluding hydrogens is 190 g/mol. The number of hydrogen-bond donors (Lipinski definition) is 0. The molecule has 1 aliphatic heterocycles. The van der Waals surface area contributed by atoms with Gasteiger partial charge in [-0.1, -0.05) is 0 Å². The van der Waals surface area contributed by atoms with E-state index in [9.17, 15) is 13.2 Å². The highest BCUT2D eigenvalue weighted by Gasteiger charge is 2.15. The van der Waals surface area contributed by atoms with Crippen LogP contribution in [0.1, 0.15) is 12.8 Å². The maximum Gasteiger partial charge on any atom is 0.247 e. The van der Waals surface area contributed by atoms with Crippen LogP contribution in [0, 0.1) is 0 Å². The van der Waals surface area contributed by atoms with Crippen molar-refractivity contribution in [1.29, 1.82) is 0 Å². The van der Waals surface area contributed by atoms with Gasteiger partial charge in [-0.15, -0.1) is 0 Å². The lowest BCUT2D eigenvalue weighted by Gasteiger charge is -2.11. The van der Waals surface area contributed by atoms with Gasteiger partial charge in [0.2, 0.25) is 5.91 Å². The van der Waals surface area contributed by atoms with E-state index in [1.165, 1.54) is 0 Å². The van der Waals surface area contributed by atoms with Crippen LogP contribution in [0.15, 0.2) is 11.5 Å². The summed E-state index contributed by atoms with van der Waals surface area (Å²) in [6.07, 6.45) is 4.22. The maximum absolute atomic E-state index is 11.3. The Kier molecular flexibility index (Phi) is 3.08. The van der Waals surface area contributed by atoms with Gasteiger partial charge in [0.1, 0.15) is 0 Å². The number of carbonyl (C=O) groups is 1.